The molecule has 4 heteroatoms. The molecule has 0 spiro atoms. The Morgan fingerprint density at radius 2 is 2.24 bits per heavy atom. The van der Waals surface area contributed by atoms with Crippen LogP contribution in [0.4, 0.5) is 4.39 Å². The molecule has 0 heterocycles. The highest BCUT2D eigenvalue weighted by Gasteiger charge is 2.24. The molecule has 1 atom stereocenters. The van der Waals surface area contributed by atoms with Gasteiger partial charge in [0.05, 0.1) is 0 Å². The van der Waals surface area contributed by atoms with Crippen molar-refractivity contribution in [3.8, 4) is 5.75 Å². The third kappa shape index (κ3) is 2.82. The number of ether oxygens (including phenoxy) is 1. The summed E-state index contributed by atoms with van der Waals surface area (Å²) in [5.41, 5.74) is 6.28. The van der Waals surface area contributed by atoms with Crippen LogP contribution in [0.2, 0.25) is 0 Å². The molecule has 2 rings (SSSR count). The van der Waals surface area contributed by atoms with Gasteiger partial charge < -0.3 is 10.5 Å². The quantitative estimate of drug-likeness (QED) is 0.876. The molecule has 0 aliphatic heterocycles. The number of halogens is 1. The lowest BCUT2D eigenvalue weighted by atomic mass is 9.96. The van der Waals surface area contributed by atoms with E-state index in [2.05, 4.69) is 0 Å². The van der Waals surface area contributed by atoms with Crippen molar-refractivity contribution in [1.82, 2.24) is 0 Å². The maximum absolute atomic E-state index is 13.1. The van der Waals surface area contributed by atoms with Crippen LogP contribution in [0.5, 0.6) is 5.75 Å². The number of ketones is 1. The first-order valence-corrected chi connectivity index (χ1v) is 5.88. The van der Waals surface area contributed by atoms with Crippen molar-refractivity contribution < 1.29 is 13.9 Å². The Hall–Kier alpha value is -1.42. The number of benzene rings is 1. The molecule has 1 fully saturated rings. The van der Waals surface area contributed by atoms with Gasteiger partial charge in [-0.2, -0.15) is 0 Å². The van der Waals surface area contributed by atoms with Crippen molar-refractivity contribution in [3.63, 3.8) is 0 Å². The zero-order valence-corrected chi connectivity index (χ0v) is 9.62. The highest BCUT2D eigenvalue weighted by atomic mass is 19.1. The van der Waals surface area contributed by atoms with Crippen molar-refractivity contribution in [2.24, 2.45) is 5.73 Å². The molecule has 3 nitrogen and oxygen atoms in total. The van der Waals surface area contributed by atoms with Gasteiger partial charge in [-0.15, -0.1) is 0 Å². The van der Waals surface area contributed by atoms with Crippen molar-refractivity contribution in [2.75, 3.05) is 0 Å². The molecule has 92 valence electrons. The van der Waals surface area contributed by atoms with Crippen LogP contribution in [-0.2, 0) is 11.3 Å². The minimum Gasteiger partial charge on any atom is -0.482 e. The average molecular weight is 237 g/mol. The summed E-state index contributed by atoms with van der Waals surface area (Å²) in [5, 5.41) is 0. The number of nitrogens with two attached hydrogens (primary N) is 1. The molecule has 2 N–H and O–H groups in total. The lowest BCUT2D eigenvalue weighted by molar-refractivity contribution is -0.127. The summed E-state index contributed by atoms with van der Waals surface area (Å²) >= 11 is 0. The fourth-order valence-corrected chi connectivity index (χ4v) is 2.04. The maximum atomic E-state index is 13.1. The fourth-order valence-electron chi connectivity index (χ4n) is 2.04. The van der Waals surface area contributed by atoms with Crippen LogP contribution >= 0.6 is 0 Å². The minimum atomic E-state index is -0.434. The normalized spacial score (nSPS) is 20.4. The lowest BCUT2D eigenvalue weighted by Gasteiger charge is -2.23. The standard InChI is InChI=1S/C13H16FNO2/c14-10-6-5-9(8-15)13(7-10)17-12-4-2-1-3-11(12)16/h5-7,12H,1-4,8,15H2. The van der Waals surface area contributed by atoms with Gasteiger partial charge in [-0.3, -0.25) is 4.79 Å². The Morgan fingerprint density at radius 3 is 2.94 bits per heavy atom. The van der Waals surface area contributed by atoms with Crippen molar-refractivity contribution in [3.05, 3.63) is 29.6 Å². The fraction of sp³-hybridized carbons (Fsp3) is 0.462. The van der Waals surface area contributed by atoms with Crippen LogP contribution in [0, 0.1) is 5.82 Å². The van der Waals surface area contributed by atoms with Gasteiger partial charge in [0.2, 0.25) is 0 Å². The second-order valence-electron chi connectivity index (χ2n) is 4.27. The van der Waals surface area contributed by atoms with Gasteiger partial charge in [0.25, 0.3) is 0 Å². The molecule has 1 aliphatic rings. The monoisotopic (exact) mass is 237 g/mol. The third-order valence-electron chi connectivity index (χ3n) is 3.02. The first-order valence-electron chi connectivity index (χ1n) is 5.88. The molecule has 1 saturated carbocycles. The van der Waals surface area contributed by atoms with E-state index in [-0.39, 0.29) is 18.1 Å². The van der Waals surface area contributed by atoms with Crippen LogP contribution in [0.1, 0.15) is 31.2 Å². The Labute approximate surface area is 99.8 Å². The van der Waals surface area contributed by atoms with Gasteiger partial charge in [-0.05, 0) is 25.3 Å². The van der Waals surface area contributed by atoms with Crippen molar-refractivity contribution in [1.29, 1.82) is 0 Å². The van der Waals surface area contributed by atoms with E-state index in [1.54, 1.807) is 6.07 Å². The summed E-state index contributed by atoms with van der Waals surface area (Å²) in [4.78, 5) is 11.6. The number of rotatable bonds is 3. The van der Waals surface area contributed by atoms with Gasteiger partial charge in [-0.1, -0.05) is 6.07 Å². The molecule has 17 heavy (non-hydrogen) atoms. The summed E-state index contributed by atoms with van der Waals surface area (Å²) in [6, 6.07) is 4.24. The highest BCUT2D eigenvalue weighted by Crippen LogP contribution is 2.25. The van der Waals surface area contributed by atoms with Gasteiger partial charge in [0, 0.05) is 24.6 Å². The van der Waals surface area contributed by atoms with Gasteiger partial charge >= 0.3 is 0 Å². The predicted molar refractivity (Wildman–Crippen MR) is 62.2 cm³/mol. The molecule has 1 aliphatic carbocycles. The largest absolute Gasteiger partial charge is 0.482 e. The van der Waals surface area contributed by atoms with Crippen molar-refractivity contribution in [2.45, 2.75) is 38.3 Å². The summed E-state index contributed by atoms with van der Waals surface area (Å²) in [6.07, 6.45) is 2.72. The number of hydrogen-bond donors (Lipinski definition) is 1. The molecule has 1 aromatic carbocycles. The number of Topliss-reactive ketones (excluding diaryl/α,β-unsaturated/α-hetero) is 1. The first-order chi connectivity index (χ1) is 8.20. The zero-order chi connectivity index (χ0) is 12.3. The van der Waals surface area contributed by atoms with Gasteiger partial charge in [0.15, 0.2) is 11.9 Å². The summed E-state index contributed by atoms with van der Waals surface area (Å²) in [6.45, 7) is 0.274. The smallest absolute Gasteiger partial charge is 0.173 e. The second-order valence-corrected chi connectivity index (χ2v) is 4.27. The zero-order valence-electron chi connectivity index (χ0n) is 9.62. The third-order valence-corrected chi connectivity index (χ3v) is 3.02. The van der Waals surface area contributed by atoms with Crippen LogP contribution in [0.3, 0.4) is 0 Å². The summed E-state index contributed by atoms with van der Waals surface area (Å²) in [5.74, 6) is 0.122. The Kier molecular flexibility index (Phi) is 3.74. The molecule has 0 radical (unpaired) electrons. The van der Waals surface area contributed by atoms with E-state index in [0.29, 0.717) is 18.6 Å². The first kappa shape index (κ1) is 12.0. The molecule has 0 bridgehead atoms. The van der Waals surface area contributed by atoms with Gasteiger partial charge in [0.1, 0.15) is 11.6 Å². The topological polar surface area (TPSA) is 52.3 Å². The van der Waals surface area contributed by atoms with E-state index in [0.717, 1.165) is 18.4 Å². The lowest BCUT2D eigenvalue weighted by Crippen LogP contribution is -2.30. The molecular formula is C13H16FNO2. The van der Waals surface area contributed by atoms with E-state index in [9.17, 15) is 9.18 Å². The molecule has 0 aromatic heterocycles. The molecule has 0 saturated heterocycles. The molecule has 1 aromatic rings. The summed E-state index contributed by atoms with van der Waals surface area (Å²) < 4.78 is 18.7. The van der Waals surface area contributed by atoms with Crippen LogP contribution in [0.15, 0.2) is 18.2 Å². The van der Waals surface area contributed by atoms with E-state index in [4.69, 9.17) is 10.5 Å². The molecular weight excluding hydrogens is 221 g/mol. The van der Waals surface area contributed by atoms with Crippen LogP contribution in [0.25, 0.3) is 0 Å². The molecule has 0 amide bonds. The minimum absolute atomic E-state index is 0.100. The Bertz CT molecular complexity index is 420. The second kappa shape index (κ2) is 5.27. The summed E-state index contributed by atoms with van der Waals surface area (Å²) in [7, 11) is 0. The number of carbonyl (C=O) groups is 1. The highest BCUT2D eigenvalue weighted by molar-refractivity contribution is 5.84. The predicted octanol–water partition coefficient (Wildman–Crippen LogP) is 2.17. The SMILES string of the molecule is NCc1ccc(F)cc1OC1CCCCC1=O. The number of carbonyl (C=O) groups excluding carboxylic acids is 1. The number of hydrogen-bond acceptors (Lipinski definition) is 3. The van der Waals surface area contributed by atoms with Crippen molar-refractivity contribution >= 4 is 5.78 Å². The van der Waals surface area contributed by atoms with E-state index >= 15 is 0 Å². The molecule has 1 unspecified atom stereocenters. The van der Waals surface area contributed by atoms with E-state index in [1.807, 2.05) is 0 Å². The maximum Gasteiger partial charge on any atom is 0.173 e. The average Bonchev–Trinajstić information content (AvgIpc) is 2.32. The van der Waals surface area contributed by atoms with Crippen LogP contribution < -0.4 is 10.5 Å². The van der Waals surface area contributed by atoms with Crippen LogP contribution in [-0.4, -0.2) is 11.9 Å². The van der Waals surface area contributed by atoms with Gasteiger partial charge in [-0.25, -0.2) is 4.39 Å². The van der Waals surface area contributed by atoms with E-state index < -0.39 is 6.10 Å². The Morgan fingerprint density at radius 1 is 1.41 bits per heavy atom. The Balaban J connectivity index is 2.16. The van der Waals surface area contributed by atoms with E-state index in [1.165, 1.54) is 12.1 Å².